The van der Waals surface area contributed by atoms with Gasteiger partial charge in [0.1, 0.15) is 0 Å². The Labute approximate surface area is 265 Å². The highest BCUT2D eigenvalue weighted by molar-refractivity contribution is 8.01. The summed E-state index contributed by atoms with van der Waals surface area (Å²) in [5.74, 6) is 0.148. The highest BCUT2D eigenvalue weighted by Crippen LogP contribution is 2.35. The molecular formula is C32H37N7O3S2. The fourth-order valence-corrected chi connectivity index (χ4v) is 6.74. The molecule has 4 aromatic rings. The number of H-pyrrole nitrogens is 1. The minimum Gasteiger partial charge on any atom is -0.392 e. The van der Waals surface area contributed by atoms with Crippen LogP contribution in [0, 0.1) is 0 Å². The lowest BCUT2D eigenvalue weighted by Crippen LogP contribution is -2.50. The SMILES string of the molecule is CSc1ccc2c(c1)S[C@@H](NC(=O)CC(C)(C)NC[C@@H](C)O)C(=O)N(Cc1ccc(-c3ccccc3-c3nn[nH]n3)cc1)C2. The summed E-state index contributed by atoms with van der Waals surface area (Å²) >= 11 is 3.03. The first-order valence-corrected chi connectivity index (χ1v) is 16.5. The predicted molar refractivity (Wildman–Crippen MR) is 174 cm³/mol. The van der Waals surface area contributed by atoms with E-state index in [1.54, 1.807) is 18.7 Å². The Bertz CT molecular complexity index is 1590. The van der Waals surface area contributed by atoms with Crippen LogP contribution in [0.5, 0.6) is 0 Å². The zero-order chi connectivity index (χ0) is 31.3. The zero-order valence-corrected chi connectivity index (χ0v) is 26.8. The van der Waals surface area contributed by atoms with Crippen molar-refractivity contribution in [1.29, 1.82) is 0 Å². The van der Waals surface area contributed by atoms with E-state index in [0.717, 1.165) is 37.6 Å². The van der Waals surface area contributed by atoms with Gasteiger partial charge in [-0.05, 0) is 66.6 Å². The van der Waals surface area contributed by atoms with Crippen molar-refractivity contribution in [3.63, 3.8) is 0 Å². The fraction of sp³-hybridized carbons (Fsp3) is 0.344. The maximum absolute atomic E-state index is 14.0. The Hall–Kier alpha value is -3.71. The number of β-amino-alcohol motifs (C(OH)–C–C–N with tert-alkyl or cyclic N) is 1. The number of benzene rings is 3. The van der Waals surface area contributed by atoms with Gasteiger partial charge >= 0.3 is 0 Å². The van der Waals surface area contributed by atoms with Crippen molar-refractivity contribution >= 4 is 35.3 Å². The molecule has 10 nitrogen and oxygen atoms in total. The fourth-order valence-electron chi connectivity index (χ4n) is 5.05. The summed E-state index contributed by atoms with van der Waals surface area (Å²) < 4.78 is 0. The Balaban J connectivity index is 1.36. The van der Waals surface area contributed by atoms with Crippen LogP contribution >= 0.6 is 23.5 Å². The largest absolute Gasteiger partial charge is 0.392 e. The van der Waals surface area contributed by atoms with Crippen LogP contribution in [0.15, 0.2) is 76.5 Å². The van der Waals surface area contributed by atoms with Crippen LogP contribution < -0.4 is 10.6 Å². The molecular weight excluding hydrogens is 595 g/mol. The molecule has 3 aromatic carbocycles. The number of hydrogen-bond donors (Lipinski definition) is 4. The van der Waals surface area contributed by atoms with Gasteiger partial charge in [0.05, 0.1) is 6.10 Å². The first kappa shape index (κ1) is 31.7. The van der Waals surface area contributed by atoms with E-state index in [2.05, 4.69) is 49.5 Å². The average molecular weight is 632 g/mol. The number of fused-ring (bicyclic) bond motifs is 1. The van der Waals surface area contributed by atoms with Gasteiger partial charge in [-0.3, -0.25) is 9.59 Å². The summed E-state index contributed by atoms with van der Waals surface area (Å²) in [4.78, 5) is 31.1. The van der Waals surface area contributed by atoms with Crippen molar-refractivity contribution in [1.82, 2.24) is 36.2 Å². The first-order chi connectivity index (χ1) is 21.1. The molecule has 0 fully saturated rings. The maximum atomic E-state index is 14.0. The number of thioether (sulfide) groups is 2. The highest BCUT2D eigenvalue weighted by Gasteiger charge is 2.33. The number of aliphatic hydroxyl groups is 1. The second-order valence-electron chi connectivity index (χ2n) is 11.5. The minimum absolute atomic E-state index is 0.147. The Morgan fingerprint density at radius 2 is 1.91 bits per heavy atom. The number of aromatic amines is 1. The van der Waals surface area contributed by atoms with E-state index < -0.39 is 17.0 Å². The summed E-state index contributed by atoms with van der Waals surface area (Å²) in [6.45, 7) is 6.72. The molecule has 1 aromatic heterocycles. The quantitative estimate of drug-likeness (QED) is 0.177. The highest BCUT2D eigenvalue weighted by atomic mass is 32.2. The first-order valence-electron chi connectivity index (χ1n) is 14.4. The molecule has 0 saturated heterocycles. The average Bonchev–Trinajstić information content (AvgIpc) is 3.51. The molecule has 44 heavy (non-hydrogen) atoms. The van der Waals surface area contributed by atoms with Crippen molar-refractivity contribution < 1.29 is 14.7 Å². The molecule has 0 aliphatic carbocycles. The molecule has 0 spiro atoms. The van der Waals surface area contributed by atoms with Crippen LogP contribution in [0.2, 0.25) is 0 Å². The van der Waals surface area contributed by atoms with E-state index in [1.807, 2.05) is 73.5 Å². The number of nitrogens with zero attached hydrogens (tertiary/aromatic N) is 4. The third-order valence-corrected chi connectivity index (χ3v) is 9.25. The normalized spacial score (nSPS) is 15.9. The molecule has 2 atom stereocenters. The lowest BCUT2D eigenvalue weighted by Gasteiger charge is -2.28. The molecule has 2 heterocycles. The molecule has 1 aliphatic heterocycles. The van der Waals surface area contributed by atoms with Gasteiger partial charge in [-0.1, -0.05) is 66.4 Å². The molecule has 0 saturated carbocycles. The van der Waals surface area contributed by atoms with Crippen molar-refractivity contribution in [3.8, 4) is 22.5 Å². The lowest BCUT2D eigenvalue weighted by molar-refractivity contribution is -0.135. The van der Waals surface area contributed by atoms with Crippen molar-refractivity contribution in [2.45, 2.75) is 67.1 Å². The summed E-state index contributed by atoms with van der Waals surface area (Å²) in [6.07, 6.45) is 1.65. The van der Waals surface area contributed by atoms with E-state index in [9.17, 15) is 14.7 Å². The second-order valence-corrected chi connectivity index (χ2v) is 13.5. The molecule has 12 heteroatoms. The van der Waals surface area contributed by atoms with Crippen molar-refractivity contribution in [3.05, 3.63) is 77.9 Å². The summed E-state index contributed by atoms with van der Waals surface area (Å²) in [7, 11) is 0. The Morgan fingerprint density at radius 3 is 2.59 bits per heavy atom. The molecule has 230 valence electrons. The van der Waals surface area contributed by atoms with Gasteiger partial charge in [-0.15, -0.1) is 22.0 Å². The number of aromatic nitrogens is 4. The molecule has 5 rings (SSSR count). The van der Waals surface area contributed by atoms with Gasteiger partial charge in [0.15, 0.2) is 5.37 Å². The summed E-state index contributed by atoms with van der Waals surface area (Å²) in [6, 6.07) is 22.2. The number of amides is 2. The van der Waals surface area contributed by atoms with Crippen LogP contribution in [0.4, 0.5) is 0 Å². The van der Waals surface area contributed by atoms with E-state index in [-0.39, 0.29) is 18.2 Å². The van der Waals surface area contributed by atoms with Crippen LogP contribution in [0.25, 0.3) is 22.5 Å². The van der Waals surface area contributed by atoms with Gasteiger partial charge in [0.25, 0.3) is 5.91 Å². The van der Waals surface area contributed by atoms with Crippen LogP contribution in [0.3, 0.4) is 0 Å². The van der Waals surface area contributed by atoms with E-state index in [4.69, 9.17) is 0 Å². The van der Waals surface area contributed by atoms with Gasteiger partial charge in [-0.2, -0.15) is 5.21 Å². The molecule has 0 bridgehead atoms. The van der Waals surface area contributed by atoms with Crippen LogP contribution in [0.1, 0.15) is 38.3 Å². The third-order valence-electron chi connectivity index (χ3n) is 7.34. The van der Waals surface area contributed by atoms with Crippen molar-refractivity contribution in [2.24, 2.45) is 0 Å². The van der Waals surface area contributed by atoms with Gasteiger partial charge in [0.2, 0.25) is 11.7 Å². The maximum Gasteiger partial charge on any atom is 0.256 e. The molecule has 4 N–H and O–H groups in total. The third kappa shape index (κ3) is 7.86. The number of hydrogen-bond acceptors (Lipinski definition) is 9. The standard InChI is InChI=1S/C32H37N7O3S2/c1-20(40)17-33-32(2,3)16-28(41)34-30-31(42)39(19-23-13-14-24(43-4)15-27(23)44-30)18-21-9-11-22(12-10-21)25-7-5-6-8-26(25)29-35-37-38-36-29/h5-15,20,30,33,40H,16-19H2,1-4H3,(H,34,41)(H,35,36,37,38)/t20-,30-/m1/s1. The topological polar surface area (TPSA) is 136 Å². The molecule has 2 amide bonds. The number of nitrogens with one attached hydrogen (secondary N) is 3. The van der Waals surface area contributed by atoms with E-state index in [1.165, 1.54) is 11.8 Å². The molecule has 0 radical (unpaired) electrons. The van der Waals surface area contributed by atoms with Crippen LogP contribution in [-0.4, -0.2) is 72.3 Å². The number of tetrazole rings is 1. The Kier molecular flexibility index (Phi) is 10.0. The van der Waals surface area contributed by atoms with Gasteiger partial charge in [-0.25, -0.2) is 0 Å². The van der Waals surface area contributed by atoms with Crippen molar-refractivity contribution in [2.75, 3.05) is 12.8 Å². The molecule has 0 unspecified atom stereocenters. The number of rotatable bonds is 11. The Morgan fingerprint density at radius 1 is 1.16 bits per heavy atom. The number of aliphatic hydroxyl groups excluding tert-OH is 1. The second kappa shape index (κ2) is 13.9. The minimum atomic E-state index is -0.769. The lowest BCUT2D eigenvalue weighted by atomic mass is 9.98. The number of carbonyl (C=O) groups excluding carboxylic acids is 2. The van der Waals surface area contributed by atoms with Gasteiger partial charge in [0, 0.05) is 46.9 Å². The molecule has 1 aliphatic rings. The van der Waals surface area contributed by atoms with Crippen LogP contribution in [-0.2, 0) is 22.7 Å². The smallest absolute Gasteiger partial charge is 0.256 e. The number of carbonyl (C=O) groups is 2. The predicted octanol–water partition coefficient (Wildman–Crippen LogP) is 4.47. The summed E-state index contributed by atoms with van der Waals surface area (Å²) in [5, 5.41) is 29.6. The zero-order valence-electron chi connectivity index (χ0n) is 25.2. The monoisotopic (exact) mass is 631 g/mol. The van der Waals surface area contributed by atoms with E-state index >= 15 is 0 Å². The van der Waals surface area contributed by atoms with E-state index in [0.29, 0.717) is 25.5 Å². The van der Waals surface area contributed by atoms with Gasteiger partial charge < -0.3 is 20.6 Å². The summed E-state index contributed by atoms with van der Waals surface area (Å²) in [5.41, 5.74) is 4.32.